The smallest absolute Gasteiger partial charge is 0.335 e. The first kappa shape index (κ1) is 11.1. The molecule has 1 heterocycles. The molecule has 2 aromatic rings. The molecule has 0 unspecified atom stereocenters. The van der Waals surface area contributed by atoms with Crippen LogP contribution in [0.25, 0.3) is 5.69 Å². The Morgan fingerprint density at radius 2 is 2.12 bits per heavy atom. The molecule has 0 atom stereocenters. The second-order valence-corrected chi connectivity index (χ2v) is 3.70. The first-order valence-electron chi connectivity index (χ1n) is 5.02. The van der Waals surface area contributed by atoms with Crippen LogP contribution in [-0.2, 0) is 0 Å². The van der Waals surface area contributed by atoms with Gasteiger partial charge in [-0.2, -0.15) is 5.10 Å². The number of anilines is 1. The van der Waals surface area contributed by atoms with Gasteiger partial charge in [-0.05, 0) is 32.0 Å². The van der Waals surface area contributed by atoms with Crippen molar-refractivity contribution in [3.63, 3.8) is 0 Å². The molecule has 88 valence electrons. The molecule has 3 N–H and O–H groups in total. The molecule has 1 aromatic carbocycles. The molecule has 6 heteroatoms. The number of nitrogens with zero attached hydrogens (tertiary/aromatic N) is 3. The van der Waals surface area contributed by atoms with E-state index in [1.807, 2.05) is 0 Å². The van der Waals surface area contributed by atoms with Gasteiger partial charge in [0, 0.05) is 0 Å². The number of hydrogen-bond acceptors (Lipinski definition) is 4. The number of carboxylic acid groups (broad SMARTS) is 1. The number of aryl methyl sites for hydroxylation is 2. The van der Waals surface area contributed by atoms with E-state index >= 15 is 0 Å². The van der Waals surface area contributed by atoms with Crippen molar-refractivity contribution < 1.29 is 9.90 Å². The van der Waals surface area contributed by atoms with Crippen LogP contribution in [0.5, 0.6) is 0 Å². The monoisotopic (exact) mass is 232 g/mol. The average molecular weight is 232 g/mol. The van der Waals surface area contributed by atoms with Gasteiger partial charge in [0.05, 0.1) is 16.9 Å². The maximum absolute atomic E-state index is 10.9. The highest BCUT2D eigenvalue weighted by atomic mass is 16.4. The fraction of sp³-hybridized carbons (Fsp3) is 0.182. The summed E-state index contributed by atoms with van der Waals surface area (Å²) in [5.41, 5.74) is 6.98. The molecule has 6 nitrogen and oxygen atoms in total. The number of hydrogen-bond donors (Lipinski definition) is 2. The number of aromatic carboxylic acids is 1. The van der Waals surface area contributed by atoms with Gasteiger partial charge < -0.3 is 10.8 Å². The number of benzene rings is 1. The Bertz CT molecular complexity index is 589. The summed E-state index contributed by atoms with van der Waals surface area (Å²) in [4.78, 5) is 15.1. The Morgan fingerprint density at radius 1 is 1.41 bits per heavy atom. The molecule has 0 saturated carbocycles. The van der Waals surface area contributed by atoms with E-state index in [0.717, 1.165) is 0 Å². The number of nitrogens with two attached hydrogens (primary N) is 1. The van der Waals surface area contributed by atoms with E-state index in [9.17, 15) is 4.79 Å². The molecule has 0 bridgehead atoms. The Morgan fingerprint density at radius 3 is 2.65 bits per heavy atom. The van der Waals surface area contributed by atoms with Gasteiger partial charge in [0.15, 0.2) is 0 Å². The summed E-state index contributed by atoms with van der Waals surface area (Å²) in [5.74, 6) is 0.278. The zero-order valence-corrected chi connectivity index (χ0v) is 9.51. The van der Waals surface area contributed by atoms with Crippen molar-refractivity contribution in [1.82, 2.24) is 14.8 Å². The molecular formula is C11H12N4O2. The molecular weight excluding hydrogens is 220 g/mol. The van der Waals surface area contributed by atoms with Gasteiger partial charge in [0.25, 0.3) is 0 Å². The van der Waals surface area contributed by atoms with E-state index in [1.54, 1.807) is 19.9 Å². The van der Waals surface area contributed by atoms with Gasteiger partial charge in [-0.1, -0.05) is 0 Å². The van der Waals surface area contributed by atoms with Crippen LogP contribution in [0.2, 0.25) is 0 Å². The molecule has 0 fully saturated rings. The fourth-order valence-electron chi connectivity index (χ4n) is 1.61. The van der Waals surface area contributed by atoms with E-state index in [1.165, 1.54) is 16.8 Å². The van der Waals surface area contributed by atoms with E-state index in [2.05, 4.69) is 10.1 Å². The molecule has 2 rings (SSSR count). The summed E-state index contributed by atoms with van der Waals surface area (Å²) in [6, 6.07) is 4.49. The maximum Gasteiger partial charge on any atom is 0.335 e. The predicted molar refractivity (Wildman–Crippen MR) is 62.2 cm³/mol. The minimum absolute atomic E-state index is 0.168. The number of rotatable bonds is 2. The second kappa shape index (κ2) is 3.89. The Labute approximate surface area is 97.7 Å². The topological polar surface area (TPSA) is 94.0 Å². The Balaban J connectivity index is 2.62. The maximum atomic E-state index is 10.9. The largest absolute Gasteiger partial charge is 0.478 e. The van der Waals surface area contributed by atoms with Gasteiger partial charge >= 0.3 is 5.97 Å². The van der Waals surface area contributed by atoms with Crippen LogP contribution in [-0.4, -0.2) is 25.8 Å². The van der Waals surface area contributed by atoms with E-state index in [4.69, 9.17) is 10.8 Å². The minimum Gasteiger partial charge on any atom is -0.478 e. The van der Waals surface area contributed by atoms with Crippen molar-refractivity contribution in [1.29, 1.82) is 0 Å². The van der Waals surface area contributed by atoms with Gasteiger partial charge in [-0.25, -0.2) is 14.5 Å². The third kappa shape index (κ3) is 1.96. The summed E-state index contributed by atoms with van der Waals surface area (Å²) in [6.45, 7) is 3.55. The lowest BCUT2D eigenvalue weighted by Gasteiger charge is -2.07. The SMILES string of the molecule is Cc1nc(C)n(-c2cc(C(=O)O)ccc2N)n1. The van der Waals surface area contributed by atoms with Gasteiger partial charge in [0.2, 0.25) is 0 Å². The molecule has 0 radical (unpaired) electrons. The summed E-state index contributed by atoms with van der Waals surface area (Å²) in [5, 5.41) is 13.1. The predicted octanol–water partition coefficient (Wildman–Crippen LogP) is 1.16. The van der Waals surface area contributed by atoms with Crippen LogP contribution >= 0.6 is 0 Å². The van der Waals surface area contributed by atoms with Crippen LogP contribution in [0, 0.1) is 13.8 Å². The third-order valence-corrected chi connectivity index (χ3v) is 2.38. The highest BCUT2D eigenvalue weighted by Crippen LogP contribution is 2.19. The number of carbonyl (C=O) groups is 1. The molecule has 0 saturated heterocycles. The van der Waals surface area contributed by atoms with Crippen LogP contribution < -0.4 is 5.73 Å². The van der Waals surface area contributed by atoms with Crippen LogP contribution in [0.15, 0.2) is 18.2 Å². The van der Waals surface area contributed by atoms with Crippen molar-refractivity contribution in [2.75, 3.05) is 5.73 Å². The lowest BCUT2D eigenvalue weighted by molar-refractivity contribution is 0.0697. The van der Waals surface area contributed by atoms with E-state index < -0.39 is 5.97 Å². The molecule has 17 heavy (non-hydrogen) atoms. The zero-order chi connectivity index (χ0) is 12.6. The molecule has 0 aliphatic carbocycles. The average Bonchev–Trinajstić information content (AvgIpc) is 2.58. The Kier molecular flexibility index (Phi) is 2.55. The van der Waals surface area contributed by atoms with Crippen LogP contribution in [0.3, 0.4) is 0 Å². The molecule has 1 aromatic heterocycles. The minimum atomic E-state index is -0.999. The van der Waals surface area contributed by atoms with Crippen molar-refractivity contribution in [2.24, 2.45) is 0 Å². The number of nitrogen functional groups attached to an aromatic ring is 1. The lowest BCUT2D eigenvalue weighted by Crippen LogP contribution is -2.06. The summed E-state index contributed by atoms with van der Waals surface area (Å²) in [7, 11) is 0. The van der Waals surface area contributed by atoms with E-state index in [-0.39, 0.29) is 5.56 Å². The zero-order valence-electron chi connectivity index (χ0n) is 9.51. The van der Waals surface area contributed by atoms with Crippen molar-refractivity contribution in [2.45, 2.75) is 13.8 Å². The quantitative estimate of drug-likeness (QED) is 0.758. The van der Waals surface area contributed by atoms with Crippen LogP contribution in [0.1, 0.15) is 22.0 Å². The van der Waals surface area contributed by atoms with Crippen molar-refractivity contribution in [3.8, 4) is 5.69 Å². The number of carboxylic acids is 1. The highest BCUT2D eigenvalue weighted by Gasteiger charge is 2.11. The normalized spacial score (nSPS) is 10.5. The molecule has 0 aliphatic rings. The van der Waals surface area contributed by atoms with Crippen LogP contribution in [0.4, 0.5) is 5.69 Å². The van der Waals surface area contributed by atoms with Gasteiger partial charge in [0.1, 0.15) is 11.6 Å². The summed E-state index contributed by atoms with van der Waals surface area (Å²) in [6.07, 6.45) is 0. The van der Waals surface area contributed by atoms with E-state index in [0.29, 0.717) is 23.0 Å². The third-order valence-electron chi connectivity index (χ3n) is 2.38. The van der Waals surface area contributed by atoms with Gasteiger partial charge in [-0.3, -0.25) is 0 Å². The molecule has 0 amide bonds. The summed E-state index contributed by atoms with van der Waals surface area (Å²) >= 11 is 0. The van der Waals surface area contributed by atoms with Crippen molar-refractivity contribution in [3.05, 3.63) is 35.4 Å². The lowest BCUT2D eigenvalue weighted by atomic mass is 10.2. The fourth-order valence-corrected chi connectivity index (χ4v) is 1.61. The first-order chi connectivity index (χ1) is 7.99. The first-order valence-corrected chi connectivity index (χ1v) is 5.02. The highest BCUT2D eigenvalue weighted by molar-refractivity contribution is 5.89. The standard InChI is InChI=1S/C11H12N4O2/c1-6-13-7(2)15(14-6)10-5-8(11(16)17)3-4-9(10)12/h3-5H,12H2,1-2H3,(H,16,17). The second-order valence-electron chi connectivity index (χ2n) is 3.70. The molecule has 0 spiro atoms. The molecule has 0 aliphatic heterocycles. The van der Waals surface area contributed by atoms with Crippen molar-refractivity contribution >= 4 is 11.7 Å². The number of aromatic nitrogens is 3. The van der Waals surface area contributed by atoms with Gasteiger partial charge in [-0.15, -0.1) is 0 Å². The Hall–Kier alpha value is -2.37. The summed E-state index contributed by atoms with van der Waals surface area (Å²) < 4.78 is 1.54.